The summed E-state index contributed by atoms with van der Waals surface area (Å²) >= 11 is 0. The van der Waals surface area contributed by atoms with E-state index >= 15 is 0 Å². The van der Waals surface area contributed by atoms with Crippen LogP contribution in [0.25, 0.3) is 0 Å². The monoisotopic (exact) mass is 412 g/mol. The average Bonchev–Trinajstić information content (AvgIpc) is 3.35. The molecule has 0 N–H and O–H groups in total. The number of ether oxygens (including phenoxy) is 1. The molecule has 2 aliphatic heterocycles. The van der Waals surface area contributed by atoms with E-state index in [0.717, 1.165) is 25.2 Å². The first-order chi connectivity index (χ1) is 14.6. The zero-order valence-corrected chi connectivity index (χ0v) is 18.1. The summed E-state index contributed by atoms with van der Waals surface area (Å²) in [5.74, 6) is 2.40. The van der Waals surface area contributed by atoms with Gasteiger partial charge in [-0.3, -0.25) is 4.90 Å². The number of aromatic nitrogens is 2. The lowest BCUT2D eigenvalue weighted by Gasteiger charge is -2.39. The number of piperidine rings is 1. The Hall–Kier alpha value is -1.92. The Morgan fingerprint density at radius 3 is 2.50 bits per heavy atom. The quantitative estimate of drug-likeness (QED) is 0.766. The summed E-state index contributed by atoms with van der Waals surface area (Å²) in [5, 5.41) is 0. The number of hydrogen-bond acceptors (Lipinski definition) is 4. The van der Waals surface area contributed by atoms with Crippen molar-refractivity contribution in [3.8, 4) is 5.75 Å². The van der Waals surface area contributed by atoms with Gasteiger partial charge >= 0.3 is 0 Å². The lowest BCUT2D eigenvalue weighted by molar-refractivity contribution is 0.0509. The third-order valence-electron chi connectivity index (χ3n) is 7.65. The van der Waals surface area contributed by atoms with Gasteiger partial charge < -0.3 is 14.2 Å². The molecule has 4 atom stereocenters. The van der Waals surface area contributed by atoms with E-state index in [1.807, 2.05) is 19.2 Å². The maximum Gasteiger partial charge on any atom is 0.165 e. The van der Waals surface area contributed by atoms with Gasteiger partial charge in [-0.25, -0.2) is 9.37 Å². The molecule has 0 radical (unpaired) electrons. The highest BCUT2D eigenvalue weighted by molar-refractivity contribution is 5.24. The lowest BCUT2D eigenvalue weighted by Crippen LogP contribution is -2.42. The van der Waals surface area contributed by atoms with Crippen LogP contribution in [0.3, 0.4) is 0 Å². The van der Waals surface area contributed by atoms with Crippen molar-refractivity contribution in [2.24, 2.45) is 11.8 Å². The molecule has 3 heterocycles. The zero-order chi connectivity index (χ0) is 20.7. The summed E-state index contributed by atoms with van der Waals surface area (Å²) in [6.07, 6.45) is 8.48. The minimum atomic E-state index is -0.278. The van der Waals surface area contributed by atoms with E-state index in [9.17, 15) is 4.39 Å². The fourth-order valence-corrected chi connectivity index (χ4v) is 5.95. The number of likely N-dealkylation sites (tertiary alicyclic amines) is 2. The second kappa shape index (κ2) is 8.31. The molecule has 1 saturated carbocycles. The molecule has 0 amide bonds. The molecule has 1 aliphatic carbocycles. The molecule has 2 saturated heterocycles. The van der Waals surface area contributed by atoms with Gasteiger partial charge in [0, 0.05) is 31.5 Å². The van der Waals surface area contributed by atoms with Crippen molar-refractivity contribution in [3.63, 3.8) is 0 Å². The van der Waals surface area contributed by atoms with E-state index in [4.69, 9.17) is 4.74 Å². The molecule has 2 aromatic rings. The Morgan fingerprint density at radius 2 is 1.80 bits per heavy atom. The standard InChI is InChI=1S/C24H33FN4O/c1-17-26-9-12-29(17)22-13-18-15-28(20-7-10-27(2)11-8-20)16-19(18)14-24(22)30-23-6-4-3-5-21(23)25/h3-6,9,12,18-20,22,24H,7-8,10-11,13-16H2,1-2H3/t18-,19+,22-,24-/m0/s1. The van der Waals surface area contributed by atoms with Crippen molar-refractivity contribution in [3.05, 3.63) is 48.3 Å². The molecular weight excluding hydrogens is 379 g/mol. The van der Waals surface area contributed by atoms with Gasteiger partial charge in [-0.05, 0) is 76.7 Å². The van der Waals surface area contributed by atoms with Crippen LogP contribution in [0.4, 0.5) is 4.39 Å². The van der Waals surface area contributed by atoms with E-state index < -0.39 is 0 Å². The number of halogens is 1. The molecule has 0 spiro atoms. The Balaban J connectivity index is 1.35. The molecule has 1 aromatic carbocycles. The predicted molar refractivity (Wildman–Crippen MR) is 115 cm³/mol. The molecule has 3 aliphatic rings. The second-order valence-corrected chi connectivity index (χ2v) is 9.52. The van der Waals surface area contributed by atoms with Gasteiger partial charge in [0.25, 0.3) is 0 Å². The number of nitrogens with zero attached hydrogens (tertiary/aromatic N) is 4. The smallest absolute Gasteiger partial charge is 0.165 e. The van der Waals surface area contributed by atoms with Crippen LogP contribution in [0, 0.1) is 24.6 Å². The first-order valence-electron chi connectivity index (χ1n) is 11.4. The maximum atomic E-state index is 14.3. The van der Waals surface area contributed by atoms with Crippen molar-refractivity contribution >= 4 is 0 Å². The van der Waals surface area contributed by atoms with Crippen LogP contribution in [0.5, 0.6) is 5.75 Å². The number of para-hydroxylation sites is 1. The van der Waals surface area contributed by atoms with E-state index in [-0.39, 0.29) is 18.0 Å². The summed E-state index contributed by atoms with van der Waals surface area (Å²) < 4.78 is 22.9. The summed E-state index contributed by atoms with van der Waals surface area (Å²) in [6, 6.07) is 7.71. The molecular formula is C24H33FN4O. The Kier molecular flexibility index (Phi) is 5.54. The van der Waals surface area contributed by atoms with E-state index in [2.05, 4.69) is 32.6 Å². The molecule has 3 fully saturated rings. The fourth-order valence-electron chi connectivity index (χ4n) is 5.95. The third-order valence-corrected chi connectivity index (χ3v) is 7.65. The SMILES string of the molecule is Cc1nccn1[C@H]1C[C@H]2CN(C3CCN(C)CC3)C[C@H]2C[C@@H]1Oc1ccccc1F. The van der Waals surface area contributed by atoms with Crippen LogP contribution in [0.2, 0.25) is 0 Å². The summed E-state index contributed by atoms with van der Waals surface area (Å²) in [5.41, 5.74) is 0. The zero-order valence-electron chi connectivity index (χ0n) is 18.1. The fraction of sp³-hybridized carbons (Fsp3) is 0.625. The molecule has 6 heteroatoms. The third kappa shape index (κ3) is 3.87. The summed E-state index contributed by atoms with van der Waals surface area (Å²) in [7, 11) is 2.22. The highest BCUT2D eigenvalue weighted by atomic mass is 19.1. The molecule has 0 bridgehead atoms. The molecule has 5 nitrogen and oxygen atoms in total. The van der Waals surface area contributed by atoms with Gasteiger partial charge in [0.1, 0.15) is 11.9 Å². The molecule has 0 unspecified atom stereocenters. The number of fused-ring (bicyclic) bond motifs is 1. The lowest BCUT2D eigenvalue weighted by atomic mass is 9.77. The van der Waals surface area contributed by atoms with E-state index in [0.29, 0.717) is 23.6 Å². The number of imidazole rings is 1. The average molecular weight is 413 g/mol. The molecule has 30 heavy (non-hydrogen) atoms. The van der Waals surface area contributed by atoms with Crippen LogP contribution in [0.15, 0.2) is 36.7 Å². The van der Waals surface area contributed by atoms with Crippen LogP contribution in [-0.4, -0.2) is 64.7 Å². The van der Waals surface area contributed by atoms with Crippen molar-refractivity contribution in [2.45, 2.75) is 50.8 Å². The normalized spacial score (nSPS) is 31.0. The number of benzene rings is 1. The van der Waals surface area contributed by atoms with Crippen LogP contribution in [-0.2, 0) is 0 Å². The number of aryl methyl sites for hydroxylation is 1. The summed E-state index contributed by atoms with van der Waals surface area (Å²) in [4.78, 5) is 9.63. The van der Waals surface area contributed by atoms with Gasteiger partial charge in [-0.1, -0.05) is 12.1 Å². The van der Waals surface area contributed by atoms with Gasteiger partial charge in [0.15, 0.2) is 11.6 Å². The van der Waals surface area contributed by atoms with Crippen molar-refractivity contribution in [1.82, 2.24) is 19.4 Å². The van der Waals surface area contributed by atoms with Crippen molar-refractivity contribution < 1.29 is 9.13 Å². The van der Waals surface area contributed by atoms with Crippen LogP contribution < -0.4 is 4.74 Å². The summed E-state index contributed by atoms with van der Waals surface area (Å²) in [6.45, 7) is 6.80. The predicted octanol–water partition coefficient (Wildman–Crippen LogP) is 3.76. The number of hydrogen-bond donors (Lipinski definition) is 0. The molecule has 5 rings (SSSR count). The minimum absolute atomic E-state index is 0.0338. The van der Waals surface area contributed by atoms with Gasteiger partial charge in [0.2, 0.25) is 0 Å². The highest BCUT2D eigenvalue weighted by Gasteiger charge is 2.45. The van der Waals surface area contributed by atoms with Crippen LogP contribution in [0.1, 0.15) is 37.5 Å². The second-order valence-electron chi connectivity index (χ2n) is 9.52. The first kappa shape index (κ1) is 20.0. The molecule has 1 aromatic heterocycles. The van der Waals surface area contributed by atoms with Crippen molar-refractivity contribution in [1.29, 1.82) is 0 Å². The van der Waals surface area contributed by atoms with Gasteiger partial charge in [-0.2, -0.15) is 0 Å². The van der Waals surface area contributed by atoms with Gasteiger partial charge in [-0.15, -0.1) is 0 Å². The minimum Gasteiger partial charge on any atom is -0.485 e. The highest BCUT2D eigenvalue weighted by Crippen LogP contribution is 2.44. The largest absolute Gasteiger partial charge is 0.485 e. The van der Waals surface area contributed by atoms with Crippen LogP contribution >= 0.6 is 0 Å². The first-order valence-corrected chi connectivity index (χ1v) is 11.4. The topological polar surface area (TPSA) is 33.5 Å². The van der Waals surface area contributed by atoms with E-state index in [1.165, 1.54) is 38.5 Å². The molecule has 162 valence electrons. The Labute approximate surface area is 178 Å². The van der Waals surface area contributed by atoms with E-state index in [1.54, 1.807) is 12.1 Å². The Bertz CT molecular complexity index is 862. The van der Waals surface area contributed by atoms with Crippen molar-refractivity contribution in [2.75, 3.05) is 33.2 Å². The maximum absolute atomic E-state index is 14.3. The van der Waals surface area contributed by atoms with Gasteiger partial charge in [0.05, 0.1) is 6.04 Å². The number of rotatable bonds is 4. The Morgan fingerprint density at radius 1 is 1.07 bits per heavy atom.